The highest BCUT2D eigenvalue weighted by Crippen LogP contribution is 2.29. The van der Waals surface area contributed by atoms with E-state index < -0.39 is 5.60 Å². The summed E-state index contributed by atoms with van der Waals surface area (Å²) in [7, 11) is 0. The summed E-state index contributed by atoms with van der Waals surface area (Å²) in [5.74, 6) is -0.114. The molecule has 2 nitrogen and oxygen atoms in total. The third-order valence-corrected chi connectivity index (χ3v) is 3.74. The van der Waals surface area contributed by atoms with Crippen LogP contribution in [0.1, 0.15) is 19.4 Å². The van der Waals surface area contributed by atoms with Gasteiger partial charge in [-0.05, 0) is 23.6 Å². The molecule has 0 amide bonds. The van der Waals surface area contributed by atoms with Crippen molar-refractivity contribution in [2.45, 2.75) is 19.4 Å². The van der Waals surface area contributed by atoms with Crippen molar-refractivity contribution in [3.05, 3.63) is 60.2 Å². The van der Waals surface area contributed by atoms with E-state index in [0.29, 0.717) is 0 Å². The van der Waals surface area contributed by atoms with Crippen molar-refractivity contribution < 1.29 is 9.53 Å². The summed E-state index contributed by atoms with van der Waals surface area (Å²) >= 11 is 5.97. The number of hydrogen-bond acceptors (Lipinski definition) is 2. The Morgan fingerprint density at radius 3 is 2.10 bits per heavy atom. The first-order valence-electron chi connectivity index (χ1n) is 6.47. The summed E-state index contributed by atoms with van der Waals surface area (Å²) in [5, 5.41) is 0. The zero-order valence-corrected chi connectivity index (χ0v) is 12.4. The molecular weight excluding hydrogens is 272 g/mol. The van der Waals surface area contributed by atoms with Gasteiger partial charge in [0, 0.05) is 6.92 Å². The predicted molar refractivity (Wildman–Crippen MR) is 81.7 cm³/mol. The number of hydrogen-bond donors (Lipinski definition) is 0. The molecule has 0 aliphatic rings. The van der Waals surface area contributed by atoms with Crippen molar-refractivity contribution in [2.75, 3.05) is 5.88 Å². The molecule has 2 aromatic carbocycles. The molecule has 0 fully saturated rings. The molecule has 104 valence electrons. The van der Waals surface area contributed by atoms with Gasteiger partial charge in [0.2, 0.25) is 0 Å². The fourth-order valence-corrected chi connectivity index (χ4v) is 2.34. The van der Waals surface area contributed by atoms with Crippen LogP contribution < -0.4 is 0 Å². The number of alkyl halides is 1. The number of halogens is 1. The molecule has 3 heteroatoms. The highest BCUT2D eigenvalue weighted by Gasteiger charge is 2.29. The Morgan fingerprint density at radius 2 is 1.60 bits per heavy atom. The minimum absolute atomic E-state index is 0.220. The summed E-state index contributed by atoms with van der Waals surface area (Å²) < 4.78 is 5.35. The van der Waals surface area contributed by atoms with Gasteiger partial charge in [-0.2, -0.15) is 0 Å². The maximum absolute atomic E-state index is 11.2. The van der Waals surface area contributed by atoms with E-state index in [4.69, 9.17) is 16.3 Å². The standard InChI is InChI=1S/C17H17ClO2/c1-13(19)20-17(2,12-18)16-10-8-15(9-11-16)14-6-4-3-5-7-14/h3-11H,12H2,1-2H3. The number of ether oxygens (including phenoxy) is 1. The molecule has 0 aliphatic carbocycles. The van der Waals surface area contributed by atoms with Crippen LogP contribution in [-0.2, 0) is 15.1 Å². The molecule has 0 saturated heterocycles. The molecule has 2 rings (SSSR count). The zero-order valence-electron chi connectivity index (χ0n) is 11.6. The molecule has 20 heavy (non-hydrogen) atoms. The van der Waals surface area contributed by atoms with Gasteiger partial charge < -0.3 is 4.74 Å². The van der Waals surface area contributed by atoms with E-state index in [9.17, 15) is 4.79 Å². The smallest absolute Gasteiger partial charge is 0.303 e. The summed E-state index contributed by atoms with van der Waals surface area (Å²) in [6.07, 6.45) is 0. The maximum atomic E-state index is 11.2. The molecule has 0 radical (unpaired) electrons. The number of benzene rings is 2. The zero-order chi connectivity index (χ0) is 14.6. The molecule has 1 atom stereocenters. The van der Waals surface area contributed by atoms with Crippen molar-refractivity contribution in [3.63, 3.8) is 0 Å². The van der Waals surface area contributed by atoms with Gasteiger partial charge in [0.05, 0.1) is 5.88 Å². The van der Waals surface area contributed by atoms with E-state index in [2.05, 4.69) is 12.1 Å². The molecule has 2 aromatic rings. The Balaban J connectivity index is 2.30. The van der Waals surface area contributed by atoms with E-state index in [1.54, 1.807) is 0 Å². The quantitative estimate of drug-likeness (QED) is 0.617. The first-order valence-corrected chi connectivity index (χ1v) is 7.00. The van der Waals surface area contributed by atoms with Gasteiger partial charge in [0.1, 0.15) is 5.60 Å². The van der Waals surface area contributed by atoms with Crippen LogP contribution in [0, 0.1) is 0 Å². The van der Waals surface area contributed by atoms with Crippen LogP contribution in [0.5, 0.6) is 0 Å². The minimum atomic E-state index is -0.789. The van der Waals surface area contributed by atoms with Crippen LogP contribution in [0.25, 0.3) is 11.1 Å². The SMILES string of the molecule is CC(=O)OC(C)(CCl)c1ccc(-c2ccccc2)cc1. The molecule has 0 bridgehead atoms. The number of carbonyl (C=O) groups is 1. The van der Waals surface area contributed by atoms with Gasteiger partial charge in [-0.25, -0.2) is 0 Å². The predicted octanol–water partition coefficient (Wildman–Crippen LogP) is 4.37. The third kappa shape index (κ3) is 3.20. The van der Waals surface area contributed by atoms with Crippen LogP contribution >= 0.6 is 11.6 Å². The van der Waals surface area contributed by atoms with Gasteiger partial charge in [0.15, 0.2) is 0 Å². The second-order valence-corrected chi connectivity index (χ2v) is 5.17. The molecule has 0 aromatic heterocycles. The van der Waals surface area contributed by atoms with Crippen LogP contribution in [-0.4, -0.2) is 11.8 Å². The minimum Gasteiger partial charge on any atom is -0.453 e. The highest BCUT2D eigenvalue weighted by atomic mass is 35.5. The molecule has 1 unspecified atom stereocenters. The van der Waals surface area contributed by atoms with Crippen molar-refractivity contribution in [3.8, 4) is 11.1 Å². The Morgan fingerprint density at radius 1 is 1.05 bits per heavy atom. The van der Waals surface area contributed by atoms with E-state index in [1.165, 1.54) is 6.92 Å². The Hall–Kier alpha value is -1.80. The highest BCUT2D eigenvalue weighted by molar-refractivity contribution is 6.18. The Labute approximate surface area is 124 Å². The van der Waals surface area contributed by atoms with Crippen LogP contribution in [0.4, 0.5) is 0 Å². The van der Waals surface area contributed by atoms with Crippen molar-refractivity contribution in [1.29, 1.82) is 0 Å². The molecule has 0 spiro atoms. The lowest BCUT2D eigenvalue weighted by Gasteiger charge is -2.27. The lowest BCUT2D eigenvalue weighted by Crippen LogP contribution is -2.30. The van der Waals surface area contributed by atoms with E-state index in [-0.39, 0.29) is 11.8 Å². The van der Waals surface area contributed by atoms with E-state index >= 15 is 0 Å². The van der Waals surface area contributed by atoms with Gasteiger partial charge in [-0.3, -0.25) is 4.79 Å². The topological polar surface area (TPSA) is 26.3 Å². The van der Waals surface area contributed by atoms with Gasteiger partial charge >= 0.3 is 5.97 Å². The summed E-state index contributed by atoms with van der Waals surface area (Å²) in [6.45, 7) is 3.21. The fraction of sp³-hybridized carbons (Fsp3) is 0.235. The average molecular weight is 289 g/mol. The molecule has 0 saturated carbocycles. The molecule has 0 aliphatic heterocycles. The van der Waals surface area contributed by atoms with Gasteiger partial charge in [-0.1, -0.05) is 54.6 Å². The lowest BCUT2D eigenvalue weighted by molar-refractivity contribution is -0.154. The van der Waals surface area contributed by atoms with E-state index in [0.717, 1.165) is 16.7 Å². The first-order chi connectivity index (χ1) is 9.55. The monoisotopic (exact) mass is 288 g/mol. The van der Waals surface area contributed by atoms with Crippen molar-refractivity contribution in [1.82, 2.24) is 0 Å². The molecule has 0 heterocycles. The van der Waals surface area contributed by atoms with Crippen molar-refractivity contribution in [2.24, 2.45) is 0 Å². The maximum Gasteiger partial charge on any atom is 0.303 e. The normalized spacial score (nSPS) is 13.6. The Kier molecular flexibility index (Phi) is 4.46. The Bertz CT molecular complexity index is 578. The summed E-state index contributed by atoms with van der Waals surface area (Å²) in [4.78, 5) is 11.2. The van der Waals surface area contributed by atoms with Gasteiger partial charge in [0.25, 0.3) is 0 Å². The third-order valence-electron chi connectivity index (χ3n) is 3.23. The number of carbonyl (C=O) groups excluding carboxylic acids is 1. The first kappa shape index (κ1) is 14.6. The molecular formula is C17H17ClO2. The number of rotatable bonds is 4. The van der Waals surface area contributed by atoms with Crippen molar-refractivity contribution >= 4 is 17.6 Å². The van der Waals surface area contributed by atoms with E-state index in [1.807, 2.05) is 49.4 Å². The summed E-state index contributed by atoms with van der Waals surface area (Å²) in [5.41, 5.74) is 2.37. The summed E-state index contributed by atoms with van der Waals surface area (Å²) in [6, 6.07) is 18.0. The second-order valence-electron chi connectivity index (χ2n) is 4.90. The lowest BCUT2D eigenvalue weighted by atomic mass is 9.95. The largest absolute Gasteiger partial charge is 0.453 e. The fourth-order valence-electron chi connectivity index (χ4n) is 2.13. The van der Waals surface area contributed by atoms with Crippen LogP contribution in [0.3, 0.4) is 0 Å². The van der Waals surface area contributed by atoms with Gasteiger partial charge in [-0.15, -0.1) is 11.6 Å². The molecule has 0 N–H and O–H groups in total. The van der Waals surface area contributed by atoms with Crippen LogP contribution in [0.15, 0.2) is 54.6 Å². The number of esters is 1. The van der Waals surface area contributed by atoms with Crippen LogP contribution in [0.2, 0.25) is 0 Å². The second kappa shape index (κ2) is 6.10. The average Bonchev–Trinajstić information content (AvgIpc) is 2.47.